The number of nitriles is 1. The van der Waals surface area contributed by atoms with Crippen LogP contribution in [0.15, 0.2) is 22.7 Å². The minimum atomic E-state index is -1.22. The van der Waals surface area contributed by atoms with E-state index in [1.807, 2.05) is 6.07 Å². The summed E-state index contributed by atoms with van der Waals surface area (Å²) in [6, 6.07) is 6.77. The number of esters is 1. The number of nitrogens with zero attached hydrogens (tertiary/aromatic N) is 1. The molecule has 2 rings (SSSR count). The zero-order chi connectivity index (χ0) is 12.6. The van der Waals surface area contributed by atoms with Crippen LogP contribution in [-0.2, 0) is 10.2 Å². The van der Waals surface area contributed by atoms with Gasteiger partial charge in [-0.3, -0.25) is 0 Å². The molecule has 0 heterocycles. The van der Waals surface area contributed by atoms with Gasteiger partial charge < -0.3 is 4.74 Å². The van der Waals surface area contributed by atoms with Crippen LogP contribution >= 0.6 is 15.9 Å². The van der Waals surface area contributed by atoms with Gasteiger partial charge in [-0.15, -0.1) is 0 Å². The molecule has 1 fully saturated rings. The Morgan fingerprint density at radius 2 is 2.35 bits per heavy atom. The minimum absolute atomic E-state index is 0.129. The average Bonchev–Trinajstić information content (AvgIpc) is 3.00. The fourth-order valence-electron chi connectivity index (χ4n) is 1.85. The van der Waals surface area contributed by atoms with E-state index < -0.39 is 17.6 Å². The van der Waals surface area contributed by atoms with Crippen molar-refractivity contribution in [2.75, 3.05) is 7.11 Å². The molecule has 88 valence electrons. The highest BCUT2D eigenvalue weighted by Gasteiger charge is 2.59. The van der Waals surface area contributed by atoms with Gasteiger partial charge in [0.2, 0.25) is 0 Å². The molecule has 0 radical (unpaired) electrons. The van der Waals surface area contributed by atoms with Crippen molar-refractivity contribution in [1.82, 2.24) is 0 Å². The zero-order valence-electron chi connectivity index (χ0n) is 9.04. The van der Waals surface area contributed by atoms with Gasteiger partial charge in [-0.05, 0) is 23.8 Å². The van der Waals surface area contributed by atoms with Crippen molar-refractivity contribution in [3.8, 4) is 6.07 Å². The molecule has 0 aliphatic heterocycles. The normalized spacial score (nSPS) is 26.1. The Balaban J connectivity index is 2.57. The monoisotopic (exact) mass is 297 g/mol. The van der Waals surface area contributed by atoms with Crippen LogP contribution in [0.25, 0.3) is 0 Å². The molecular formula is C12H9BrFNO2. The van der Waals surface area contributed by atoms with Crippen molar-refractivity contribution < 1.29 is 13.9 Å². The molecule has 1 aliphatic carbocycles. The van der Waals surface area contributed by atoms with Crippen molar-refractivity contribution in [2.24, 2.45) is 0 Å². The second kappa shape index (κ2) is 4.11. The summed E-state index contributed by atoms with van der Waals surface area (Å²) in [6.07, 6.45) is -1.09. The molecule has 0 bridgehead atoms. The molecule has 0 aromatic heterocycles. The predicted molar refractivity (Wildman–Crippen MR) is 62.3 cm³/mol. The highest BCUT2D eigenvalue weighted by Crippen LogP contribution is 2.51. The molecule has 17 heavy (non-hydrogen) atoms. The maximum Gasteiger partial charge on any atom is 0.338 e. The molecule has 1 aliphatic rings. The van der Waals surface area contributed by atoms with E-state index in [0.717, 1.165) is 0 Å². The van der Waals surface area contributed by atoms with Crippen molar-refractivity contribution >= 4 is 21.9 Å². The highest BCUT2D eigenvalue weighted by atomic mass is 79.9. The lowest BCUT2D eigenvalue weighted by atomic mass is 9.92. The quantitative estimate of drug-likeness (QED) is 0.789. The summed E-state index contributed by atoms with van der Waals surface area (Å²) in [4.78, 5) is 11.6. The molecular weight excluding hydrogens is 289 g/mol. The Morgan fingerprint density at radius 1 is 1.71 bits per heavy atom. The Hall–Kier alpha value is -1.41. The molecule has 1 aromatic carbocycles. The van der Waals surface area contributed by atoms with E-state index in [1.165, 1.54) is 13.2 Å². The van der Waals surface area contributed by atoms with E-state index in [0.29, 0.717) is 10.0 Å². The maximum absolute atomic E-state index is 13.4. The molecule has 0 spiro atoms. The van der Waals surface area contributed by atoms with E-state index in [2.05, 4.69) is 20.7 Å². The van der Waals surface area contributed by atoms with Crippen molar-refractivity contribution in [2.45, 2.75) is 18.0 Å². The van der Waals surface area contributed by atoms with Crippen LogP contribution in [0.2, 0.25) is 0 Å². The van der Waals surface area contributed by atoms with Crippen molar-refractivity contribution in [3.63, 3.8) is 0 Å². The maximum atomic E-state index is 13.4. The molecule has 0 amide bonds. The molecule has 5 heteroatoms. The molecule has 0 N–H and O–H groups in total. The van der Waals surface area contributed by atoms with Gasteiger partial charge in [-0.25, -0.2) is 9.18 Å². The molecule has 1 aromatic rings. The van der Waals surface area contributed by atoms with Gasteiger partial charge in [0.1, 0.15) is 11.6 Å². The SMILES string of the molecule is COC(=O)c1ccc(Br)cc1[C@]1(C#N)C[C@H]1F. The van der Waals surface area contributed by atoms with Gasteiger partial charge in [0.05, 0.1) is 18.7 Å². The third-order valence-electron chi connectivity index (χ3n) is 2.94. The topological polar surface area (TPSA) is 50.1 Å². The first kappa shape index (κ1) is 12.1. The summed E-state index contributed by atoms with van der Waals surface area (Å²) in [7, 11) is 1.26. The number of methoxy groups -OCH3 is 1. The van der Waals surface area contributed by atoms with Gasteiger partial charge in [0, 0.05) is 10.9 Å². The Morgan fingerprint density at radius 3 is 2.82 bits per heavy atom. The fourth-order valence-corrected chi connectivity index (χ4v) is 2.21. The van der Waals surface area contributed by atoms with E-state index in [4.69, 9.17) is 5.26 Å². The third-order valence-corrected chi connectivity index (χ3v) is 3.44. The zero-order valence-corrected chi connectivity index (χ0v) is 10.6. The summed E-state index contributed by atoms with van der Waals surface area (Å²) in [5, 5.41) is 9.09. The van der Waals surface area contributed by atoms with Gasteiger partial charge in [0.15, 0.2) is 0 Å². The summed E-state index contributed by atoms with van der Waals surface area (Å²) in [5.41, 5.74) is -0.543. The number of benzene rings is 1. The first-order valence-corrected chi connectivity index (χ1v) is 5.78. The lowest BCUT2D eigenvalue weighted by Gasteiger charge is -2.12. The molecule has 0 saturated heterocycles. The largest absolute Gasteiger partial charge is 0.465 e. The van der Waals surface area contributed by atoms with Gasteiger partial charge >= 0.3 is 5.97 Å². The lowest BCUT2D eigenvalue weighted by Crippen LogP contribution is -2.15. The van der Waals surface area contributed by atoms with Gasteiger partial charge in [-0.2, -0.15) is 5.26 Å². The third kappa shape index (κ3) is 1.83. The van der Waals surface area contributed by atoms with Crippen LogP contribution in [0, 0.1) is 11.3 Å². The smallest absolute Gasteiger partial charge is 0.338 e. The van der Waals surface area contributed by atoms with Gasteiger partial charge in [-0.1, -0.05) is 15.9 Å². The fraction of sp³-hybridized carbons (Fsp3) is 0.333. The number of halogens is 2. The number of hydrogen-bond acceptors (Lipinski definition) is 3. The van der Waals surface area contributed by atoms with Crippen LogP contribution in [-0.4, -0.2) is 19.3 Å². The van der Waals surface area contributed by atoms with E-state index >= 15 is 0 Å². The molecule has 2 atom stereocenters. The van der Waals surface area contributed by atoms with Crippen LogP contribution in [0.4, 0.5) is 4.39 Å². The van der Waals surface area contributed by atoms with E-state index in [-0.39, 0.29) is 12.0 Å². The first-order chi connectivity index (χ1) is 8.05. The summed E-state index contributed by atoms with van der Waals surface area (Å²) in [5.74, 6) is -0.554. The Labute approximate surface area is 106 Å². The predicted octanol–water partition coefficient (Wildman–Crippen LogP) is 2.74. The summed E-state index contributed by atoms with van der Waals surface area (Å²) < 4.78 is 18.7. The number of carbonyl (C=O) groups is 1. The number of ether oxygens (including phenoxy) is 1. The standard InChI is InChI=1S/C12H9BrFNO2/c1-17-11(16)8-3-2-7(13)4-9(8)12(6-15)5-10(12)14/h2-4,10H,5H2,1H3/t10-,12-/m1/s1. The summed E-state index contributed by atoms with van der Waals surface area (Å²) in [6.45, 7) is 0. The van der Waals surface area contributed by atoms with Gasteiger partial charge in [0.25, 0.3) is 0 Å². The van der Waals surface area contributed by atoms with Crippen molar-refractivity contribution in [3.05, 3.63) is 33.8 Å². The number of alkyl halides is 1. The van der Waals surface area contributed by atoms with E-state index in [9.17, 15) is 9.18 Å². The lowest BCUT2D eigenvalue weighted by molar-refractivity contribution is 0.0599. The van der Waals surface area contributed by atoms with Crippen LogP contribution in [0.3, 0.4) is 0 Å². The van der Waals surface area contributed by atoms with Crippen molar-refractivity contribution in [1.29, 1.82) is 5.26 Å². The summed E-state index contributed by atoms with van der Waals surface area (Å²) >= 11 is 3.25. The Bertz CT molecular complexity index is 526. The first-order valence-electron chi connectivity index (χ1n) is 4.99. The second-order valence-corrected chi connectivity index (χ2v) is 4.85. The minimum Gasteiger partial charge on any atom is -0.465 e. The van der Waals surface area contributed by atoms with E-state index in [1.54, 1.807) is 12.1 Å². The number of carbonyl (C=O) groups excluding carboxylic acids is 1. The van der Waals surface area contributed by atoms with Crippen LogP contribution in [0.5, 0.6) is 0 Å². The molecule has 0 unspecified atom stereocenters. The number of rotatable bonds is 2. The average molecular weight is 298 g/mol. The molecule has 1 saturated carbocycles. The van der Waals surface area contributed by atoms with Crippen LogP contribution < -0.4 is 0 Å². The Kier molecular flexibility index (Phi) is 2.92. The number of hydrogen-bond donors (Lipinski definition) is 0. The van der Waals surface area contributed by atoms with Crippen LogP contribution in [0.1, 0.15) is 22.3 Å². The highest BCUT2D eigenvalue weighted by molar-refractivity contribution is 9.10. The second-order valence-electron chi connectivity index (χ2n) is 3.94. The molecule has 3 nitrogen and oxygen atoms in total.